The molecule has 18 nitrogen and oxygen atoms in total. The fraction of sp³-hybridized carbons (Fsp3) is 0. The Morgan fingerprint density at radius 2 is 0.550 bits per heavy atom. The van der Waals surface area contributed by atoms with Crippen molar-refractivity contribution in [1.82, 2.24) is 0 Å². The van der Waals surface area contributed by atoms with Gasteiger partial charge in [-0.1, -0.05) is 0 Å². The normalized spacial score (nSPS) is 10.9. The zero-order valence-corrected chi connectivity index (χ0v) is 25.3. The molecule has 3 aromatic carbocycles. The van der Waals surface area contributed by atoms with Crippen LogP contribution in [0.1, 0.15) is 0 Å². The van der Waals surface area contributed by atoms with Crippen molar-refractivity contribution in [2.75, 3.05) is 0 Å². The Balaban J connectivity index is 0.000000563. The van der Waals surface area contributed by atoms with Crippen molar-refractivity contribution in [3.05, 3.63) is 103 Å². The summed E-state index contributed by atoms with van der Waals surface area (Å²) in [4.78, 5) is 27.0. The van der Waals surface area contributed by atoms with Crippen LogP contribution in [0, 0.1) is 65.9 Å². The second-order valence-electron chi connectivity index (χ2n) is 6.62. The minimum atomic E-state index is -4.52. The third kappa shape index (κ3) is 12.3. The molecule has 0 bridgehead atoms. The minimum absolute atomic E-state index is 0. The summed E-state index contributed by atoms with van der Waals surface area (Å²) in [6.07, 6.45) is 0. The fourth-order valence-corrected chi connectivity index (χ4v) is 3.61. The van der Waals surface area contributed by atoms with Gasteiger partial charge in [-0.05, 0) is 36.4 Å². The quantitative estimate of drug-likeness (QED) is 0.196. The Labute approximate surface area is 253 Å². The third-order valence-corrected chi connectivity index (χ3v) is 6.56. The number of rotatable bonds is 6. The number of non-ortho nitro benzene ring substituents is 3. The maximum Gasteiger partial charge on any atom is 3.00 e. The first-order chi connectivity index (χ1) is 17.7. The van der Waals surface area contributed by atoms with Crippen molar-refractivity contribution < 1.29 is 89.3 Å². The molecular weight excluding hydrogens is 733 g/mol. The van der Waals surface area contributed by atoms with Crippen LogP contribution in [0.5, 0.6) is 0 Å². The number of nitro benzene ring substituents is 3. The zero-order chi connectivity index (χ0) is 30.2. The molecule has 0 saturated heterocycles. The van der Waals surface area contributed by atoms with Crippen molar-refractivity contribution in [3.63, 3.8) is 0 Å². The maximum absolute atomic E-state index is 10.4. The van der Waals surface area contributed by atoms with E-state index < -0.39 is 59.8 Å². The topological polar surface area (TPSA) is 301 Å². The monoisotopic (exact) mass is 745 g/mol. The molecule has 3 aromatic rings. The molecule has 0 aliphatic rings. The van der Waals surface area contributed by atoms with Gasteiger partial charge in [0.1, 0.15) is 30.4 Å². The predicted octanol–water partition coefficient (Wildman–Crippen LogP) is 1.50. The molecule has 40 heavy (non-hydrogen) atoms. The molecule has 0 radical (unpaired) electrons. The Hall–Kier alpha value is -3.22. The number of hydrogen-bond donors (Lipinski definition) is 0. The summed E-state index contributed by atoms with van der Waals surface area (Å²) in [7, 11) is -13.6. The molecule has 0 unspecified atom stereocenters. The van der Waals surface area contributed by atoms with E-state index in [0.29, 0.717) is 0 Å². The summed E-state index contributed by atoms with van der Waals surface area (Å²) in [5.74, 6) is 0. The summed E-state index contributed by atoms with van der Waals surface area (Å²) < 4.78 is 93.5. The molecule has 0 heterocycles. The smallest absolute Gasteiger partial charge is 0.744 e. The molecule has 0 aliphatic carbocycles. The van der Waals surface area contributed by atoms with Gasteiger partial charge >= 0.3 is 35.6 Å². The van der Waals surface area contributed by atoms with E-state index >= 15 is 0 Å². The molecule has 0 spiro atoms. The summed E-state index contributed by atoms with van der Waals surface area (Å²) in [5, 5.41) is 30.4. The van der Waals surface area contributed by atoms with Gasteiger partial charge in [0.15, 0.2) is 0 Å². The summed E-state index contributed by atoms with van der Waals surface area (Å²) in [6, 6.07) is 11.2. The van der Waals surface area contributed by atoms with Crippen LogP contribution >= 0.6 is 0 Å². The fourth-order valence-electron chi connectivity index (χ4n) is 2.20. The van der Waals surface area contributed by atoms with Gasteiger partial charge in [-0.15, -0.1) is 0 Å². The molecule has 22 heteroatoms. The van der Waals surface area contributed by atoms with Crippen LogP contribution in [-0.4, -0.2) is 53.7 Å². The standard InChI is InChI=1S/3C6H5NO5S.La/c3*8-7(9)5-1-3-6(4-2-5)13(10,11)12;/h3*1-4H,(H,10,11,12);/q;;;+3/p-3. The van der Waals surface area contributed by atoms with Crippen LogP contribution in [0.3, 0.4) is 0 Å². The molecular formula is C18H12LaN3O15S3. The molecule has 0 aliphatic heterocycles. The largest absolute Gasteiger partial charge is 3.00 e. The van der Waals surface area contributed by atoms with E-state index in [1.165, 1.54) is 0 Å². The van der Waals surface area contributed by atoms with Gasteiger partial charge in [-0.2, -0.15) is 0 Å². The van der Waals surface area contributed by atoms with E-state index in [1.54, 1.807) is 0 Å². The van der Waals surface area contributed by atoms with E-state index in [4.69, 9.17) is 0 Å². The number of nitro groups is 3. The Kier molecular flexibility index (Phi) is 13.8. The second-order valence-corrected chi connectivity index (χ2v) is 10.8. The minimum Gasteiger partial charge on any atom is -0.744 e. The van der Waals surface area contributed by atoms with Crippen LogP contribution in [0.25, 0.3) is 0 Å². The summed E-state index contributed by atoms with van der Waals surface area (Å²) in [5.41, 5.74) is -0.771. The van der Waals surface area contributed by atoms with Gasteiger partial charge < -0.3 is 13.7 Å². The predicted molar refractivity (Wildman–Crippen MR) is 123 cm³/mol. The zero-order valence-electron chi connectivity index (χ0n) is 19.2. The second kappa shape index (κ2) is 15.0. The van der Waals surface area contributed by atoms with E-state index in [1.807, 2.05) is 0 Å². The first-order valence-electron chi connectivity index (χ1n) is 9.34. The summed E-state index contributed by atoms with van der Waals surface area (Å²) >= 11 is 0. The van der Waals surface area contributed by atoms with Crippen molar-refractivity contribution >= 4 is 47.4 Å². The van der Waals surface area contributed by atoms with E-state index in [9.17, 15) is 69.3 Å². The molecule has 0 fully saturated rings. The number of nitrogens with zero attached hydrogens (tertiary/aromatic N) is 3. The van der Waals surface area contributed by atoms with E-state index in [-0.39, 0.29) is 52.7 Å². The van der Waals surface area contributed by atoms with Crippen molar-refractivity contribution in [1.29, 1.82) is 0 Å². The first kappa shape index (κ1) is 36.8. The molecule has 0 saturated carbocycles. The average molecular weight is 745 g/mol. The molecule has 3 rings (SSSR count). The van der Waals surface area contributed by atoms with Gasteiger partial charge in [0.2, 0.25) is 0 Å². The van der Waals surface area contributed by atoms with Crippen LogP contribution in [0.4, 0.5) is 17.1 Å². The molecule has 0 amide bonds. The Morgan fingerprint density at radius 1 is 0.400 bits per heavy atom. The van der Waals surface area contributed by atoms with Gasteiger partial charge in [-0.3, -0.25) is 30.3 Å². The van der Waals surface area contributed by atoms with Crippen LogP contribution in [0.15, 0.2) is 87.5 Å². The van der Waals surface area contributed by atoms with Crippen molar-refractivity contribution in [2.45, 2.75) is 14.7 Å². The average Bonchev–Trinajstić information content (AvgIpc) is 2.83. The van der Waals surface area contributed by atoms with Gasteiger partial charge in [0.05, 0.1) is 29.5 Å². The Bertz CT molecular complexity index is 1470. The van der Waals surface area contributed by atoms with Crippen LogP contribution < -0.4 is 0 Å². The van der Waals surface area contributed by atoms with Crippen LogP contribution in [0.2, 0.25) is 0 Å². The molecule has 0 aromatic heterocycles. The maximum atomic E-state index is 10.4. The van der Waals surface area contributed by atoms with E-state index in [2.05, 4.69) is 0 Å². The first-order valence-corrected chi connectivity index (χ1v) is 13.6. The molecule has 0 atom stereocenters. The summed E-state index contributed by atoms with van der Waals surface area (Å²) in [6.45, 7) is 0. The molecule has 210 valence electrons. The van der Waals surface area contributed by atoms with Crippen molar-refractivity contribution in [2.24, 2.45) is 0 Å². The number of benzene rings is 3. The van der Waals surface area contributed by atoms with Gasteiger partial charge in [0, 0.05) is 36.4 Å². The van der Waals surface area contributed by atoms with Gasteiger partial charge in [-0.25, -0.2) is 25.3 Å². The van der Waals surface area contributed by atoms with Crippen molar-refractivity contribution in [3.8, 4) is 0 Å². The Morgan fingerprint density at radius 3 is 0.650 bits per heavy atom. The van der Waals surface area contributed by atoms with Gasteiger partial charge in [0.25, 0.3) is 17.1 Å². The number of hydrogen-bond acceptors (Lipinski definition) is 15. The SMILES string of the molecule is O=[N+]([O-])c1ccc(S(=O)(=O)[O-])cc1.O=[N+]([O-])c1ccc(S(=O)(=O)[O-])cc1.O=[N+]([O-])c1ccc(S(=O)(=O)[O-])cc1.[La+3]. The van der Waals surface area contributed by atoms with Crippen LogP contribution in [-0.2, 0) is 30.4 Å². The van der Waals surface area contributed by atoms with E-state index in [0.717, 1.165) is 72.8 Å². The third-order valence-electron chi connectivity index (χ3n) is 4.01. The molecule has 0 N–H and O–H groups in total.